The van der Waals surface area contributed by atoms with Crippen LogP contribution in [0.3, 0.4) is 0 Å². The lowest BCUT2D eigenvalue weighted by molar-refractivity contribution is 0.670. The Morgan fingerprint density at radius 1 is 0.290 bits per heavy atom. The fourth-order valence-corrected chi connectivity index (χ4v) is 10.4. The molecule has 0 bridgehead atoms. The molecular weight excluding hydrogens is 837 g/mol. The van der Waals surface area contributed by atoms with E-state index in [1.807, 2.05) is 12.1 Å². The molecule has 13 aromatic rings. The summed E-state index contributed by atoms with van der Waals surface area (Å²) in [4.78, 5) is 2.39. The molecule has 3 nitrogen and oxygen atoms in total. The zero-order valence-corrected chi connectivity index (χ0v) is 37.7. The zero-order valence-electron chi connectivity index (χ0n) is 37.7. The van der Waals surface area contributed by atoms with Gasteiger partial charge in [0, 0.05) is 49.6 Å². The van der Waals surface area contributed by atoms with Gasteiger partial charge in [-0.15, -0.1) is 0 Å². The number of hydrogen-bond donors (Lipinski definition) is 0. The van der Waals surface area contributed by atoms with E-state index in [4.69, 9.17) is 4.42 Å². The van der Waals surface area contributed by atoms with Crippen LogP contribution >= 0.6 is 0 Å². The number of nitrogens with zero attached hydrogens (tertiary/aromatic N) is 2. The normalized spacial score (nSPS) is 11.5. The van der Waals surface area contributed by atoms with Crippen LogP contribution in [0, 0.1) is 0 Å². The van der Waals surface area contributed by atoms with Gasteiger partial charge in [0.1, 0.15) is 11.2 Å². The smallest absolute Gasteiger partial charge is 0.143 e. The van der Waals surface area contributed by atoms with E-state index in [0.29, 0.717) is 0 Å². The average Bonchev–Trinajstić information content (AvgIpc) is 3.98. The summed E-state index contributed by atoms with van der Waals surface area (Å²) in [6, 6.07) is 96.1. The van der Waals surface area contributed by atoms with Crippen molar-refractivity contribution >= 4 is 60.8 Å². The number of furan rings is 1. The second kappa shape index (κ2) is 16.9. The number of aromatic nitrogens is 1. The van der Waals surface area contributed by atoms with E-state index in [1.54, 1.807) is 0 Å². The Labute approximate surface area is 401 Å². The molecule has 324 valence electrons. The first-order valence-corrected chi connectivity index (χ1v) is 23.6. The number of rotatable bonds is 9. The molecule has 3 heteroatoms. The molecule has 0 saturated heterocycles. The van der Waals surface area contributed by atoms with Crippen LogP contribution in [-0.4, -0.2) is 4.57 Å². The van der Waals surface area contributed by atoms with Gasteiger partial charge >= 0.3 is 0 Å². The molecule has 13 rings (SSSR count). The van der Waals surface area contributed by atoms with Crippen LogP contribution in [0.5, 0.6) is 0 Å². The van der Waals surface area contributed by atoms with Crippen LogP contribution in [0.1, 0.15) is 0 Å². The molecule has 0 unspecified atom stereocenters. The highest BCUT2D eigenvalue weighted by Gasteiger charge is 2.21. The largest absolute Gasteiger partial charge is 0.455 e. The van der Waals surface area contributed by atoms with Gasteiger partial charge in [0.05, 0.1) is 22.4 Å². The Hall–Kier alpha value is -9.18. The summed E-state index contributed by atoms with van der Waals surface area (Å²) in [6.07, 6.45) is 0. The highest BCUT2D eigenvalue weighted by atomic mass is 16.3. The maximum absolute atomic E-state index is 6.49. The first kappa shape index (κ1) is 40.1. The van der Waals surface area contributed by atoms with Crippen LogP contribution in [-0.2, 0) is 0 Å². The molecular formula is C66H44N2O. The molecule has 0 aliphatic rings. The Kier molecular flexibility index (Phi) is 9.84. The maximum atomic E-state index is 6.49. The van der Waals surface area contributed by atoms with Crippen molar-refractivity contribution in [3.05, 3.63) is 267 Å². The summed E-state index contributed by atoms with van der Waals surface area (Å²) in [5, 5.41) is 4.75. The number of benzene rings is 11. The Bertz CT molecular complexity index is 3960. The molecule has 0 aliphatic heterocycles. The summed E-state index contributed by atoms with van der Waals surface area (Å²) in [5.74, 6) is 0. The maximum Gasteiger partial charge on any atom is 0.143 e. The highest BCUT2D eigenvalue weighted by molar-refractivity contribution is 6.11. The Morgan fingerprint density at radius 3 is 1.51 bits per heavy atom. The first-order valence-electron chi connectivity index (χ1n) is 23.6. The average molecular weight is 881 g/mol. The monoisotopic (exact) mass is 880 g/mol. The Morgan fingerprint density at radius 2 is 0.783 bits per heavy atom. The van der Waals surface area contributed by atoms with Crippen LogP contribution in [0.4, 0.5) is 17.1 Å². The molecule has 2 heterocycles. The van der Waals surface area contributed by atoms with Crippen molar-refractivity contribution in [3.63, 3.8) is 0 Å². The molecule has 11 aromatic carbocycles. The summed E-state index contributed by atoms with van der Waals surface area (Å²) < 4.78 is 8.92. The van der Waals surface area contributed by atoms with E-state index in [9.17, 15) is 0 Å². The van der Waals surface area contributed by atoms with Gasteiger partial charge in [0.15, 0.2) is 0 Å². The van der Waals surface area contributed by atoms with Gasteiger partial charge < -0.3 is 13.9 Å². The molecule has 0 atom stereocenters. The van der Waals surface area contributed by atoms with E-state index in [2.05, 4.69) is 264 Å². The summed E-state index contributed by atoms with van der Waals surface area (Å²) in [6.45, 7) is 0. The molecule has 0 fully saturated rings. The second-order valence-corrected chi connectivity index (χ2v) is 17.6. The van der Waals surface area contributed by atoms with E-state index < -0.39 is 0 Å². The minimum Gasteiger partial charge on any atom is -0.455 e. The van der Waals surface area contributed by atoms with E-state index in [0.717, 1.165) is 72.5 Å². The number of hydrogen-bond acceptors (Lipinski definition) is 2. The lowest BCUT2D eigenvalue weighted by Crippen LogP contribution is -2.11. The fourth-order valence-electron chi connectivity index (χ4n) is 10.4. The lowest BCUT2D eigenvalue weighted by Gasteiger charge is -2.28. The van der Waals surface area contributed by atoms with Gasteiger partial charge in [0.25, 0.3) is 0 Å². The van der Waals surface area contributed by atoms with Crippen molar-refractivity contribution in [2.45, 2.75) is 0 Å². The SMILES string of the molecule is c1ccc(-c2cccc(-c3ccccc3N(c3ccc(-c4ccccc4-c4ccccc4-n4c5ccccc5c5ccccc54)cc3)c3ccc(-c4cccc5c4oc4ccccc45)cc3)c2)cc1. The predicted molar refractivity (Wildman–Crippen MR) is 290 cm³/mol. The minimum absolute atomic E-state index is 0.897. The molecule has 69 heavy (non-hydrogen) atoms. The van der Waals surface area contributed by atoms with Crippen LogP contribution in [0.2, 0.25) is 0 Å². The summed E-state index contributed by atoms with van der Waals surface area (Å²) >= 11 is 0. The predicted octanol–water partition coefficient (Wildman–Crippen LogP) is 18.5. The van der Waals surface area contributed by atoms with Crippen molar-refractivity contribution in [3.8, 4) is 61.3 Å². The third kappa shape index (κ3) is 6.99. The minimum atomic E-state index is 0.897. The first-order chi connectivity index (χ1) is 34.2. The molecule has 2 aromatic heterocycles. The number of fused-ring (bicyclic) bond motifs is 6. The molecule has 0 radical (unpaired) electrons. The molecule has 0 saturated carbocycles. The lowest BCUT2D eigenvalue weighted by atomic mass is 9.93. The number of para-hydroxylation sites is 6. The van der Waals surface area contributed by atoms with E-state index in [-0.39, 0.29) is 0 Å². The second-order valence-electron chi connectivity index (χ2n) is 17.6. The van der Waals surface area contributed by atoms with Gasteiger partial charge in [-0.3, -0.25) is 0 Å². The van der Waals surface area contributed by atoms with Crippen LogP contribution in [0.25, 0.3) is 105 Å². The van der Waals surface area contributed by atoms with E-state index in [1.165, 1.54) is 49.6 Å². The summed E-state index contributed by atoms with van der Waals surface area (Å²) in [5.41, 5.74) is 20.0. The standard InChI is InChI=1S/C66H44N2O/c1-2-18-45(19-3-1)48-20-16-21-49(44-48)53-23-6-11-31-61(53)67(51-42-38-47(39-43-51)54-29-17-30-60-59-28-10-15-35-65(59)69-66(54)60)50-40-36-46(37-41-50)52-22-4-5-24-55(52)56-25-7-12-32-62(56)68-63-33-13-8-26-57(63)58-27-9-14-34-64(58)68/h1-44H. The van der Waals surface area contributed by atoms with Gasteiger partial charge in [0.2, 0.25) is 0 Å². The quantitative estimate of drug-likeness (QED) is 0.144. The van der Waals surface area contributed by atoms with Crippen molar-refractivity contribution in [2.75, 3.05) is 4.90 Å². The van der Waals surface area contributed by atoms with Crippen molar-refractivity contribution in [1.29, 1.82) is 0 Å². The van der Waals surface area contributed by atoms with Gasteiger partial charge in [-0.2, -0.15) is 0 Å². The van der Waals surface area contributed by atoms with Gasteiger partial charge in [-0.05, 0) is 99.6 Å². The number of anilines is 3. The zero-order chi connectivity index (χ0) is 45.7. The topological polar surface area (TPSA) is 21.3 Å². The van der Waals surface area contributed by atoms with Gasteiger partial charge in [-0.25, -0.2) is 0 Å². The van der Waals surface area contributed by atoms with Crippen LogP contribution in [0.15, 0.2) is 271 Å². The van der Waals surface area contributed by atoms with E-state index >= 15 is 0 Å². The molecule has 0 N–H and O–H groups in total. The third-order valence-corrected chi connectivity index (χ3v) is 13.6. The van der Waals surface area contributed by atoms with Crippen LogP contribution < -0.4 is 4.90 Å². The van der Waals surface area contributed by atoms with Crippen molar-refractivity contribution in [1.82, 2.24) is 4.57 Å². The fraction of sp³-hybridized carbons (Fsp3) is 0. The molecule has 0 aliphatic carbocycles. The molecule has 0 amide bonds. The van der Waals surface area contributed by atoms with Gasteiger partial charge in [-0.1, -0.05) is 206 Å². The third-order valence-electron chi connectivity index (χ3n) is 13.6. The van der Waals surface area contributed by atoms with Crippen molar-refractivity contribution in [2.24, 2.45) is 0 Å². The highest BCUT2D eigenvalue weighted by Crippen LogP contribution is 2.45. The van der Waals surface area contributed by atoms with Crippen molar-refractivity contribution < 1.29 is 4.42 Å². The molecule has 0 spiro atoms. The Balaban J connectivity index is 0.933. The summed E-state index contributed by atoms with van der Waals surface area (Å²) in [7, 11) is 0.